The van der Waals surface area contributed by atoms with Gasteiger partial charge in [0.05, 0.1) is 12.6 Å². The third-order valence-corrected chi connectivity index (χ3v) is 5.73. The summed E-state index contributed by atoms with van der Waals surface area (Å²) in [6.07, 6.45) is 4.53. The van der Waals surface area contributed by atoms with Crippen LogP contribution >= 0.6 is 0 Å². The van der Waals surface area contributed by atoms with Crippen LogP contribution < -0.4 is 0 Å². The van der Waals surface area contributed by atoms with Crippen LogP contribution in [-0.2, 0) is 28.9 Å². The minimum absolute atomic E-state index is 0.130. The summed E-state index contributed by atoms with van der Waals surface area (Å²) in [5.74, 6) is 3.03. The van der Waals surface area contributed by atoms with E-state index in [0.717, 1.165) is 54.4 Å². The second-order valence-corrected chi connectivity index (χ2v) is 7.85. The maximum absolute atomic E-state index is 12.8. The predicted octanol–water partition coefficient (Wildman–Crippen LogP) is 1.95. The molecule has 0 aliphatic carbocycles. The van der Waals surface area contributed by atoms with E-state index in [2.05, 4.69) is 31.2 Å². The van der Waals surface area contributed by atoms with Gasteiger partial charge in [0.2, 0.25) is 5.91 Å². The van der Waals surface area contributed by atoms with Crippen molar-refractivity contribution in [3.63, 3.8) is 0 Å². The van der Waals surface area contributed by atoms with Crippen molar-refractivity contribution in [1.82, 2.24) is 34.2 Å². The zero-order valence-corrected chi connectivity index (χ0v) is 17.9. The Bertz CT molecular complexity index is 1030. The first-order valence-electron chi connectivity index (χ1n) is 10.6. The minimum Gasteiger partial charge on any atom is -0.383 e. The van der Waals surface area contributed by atoms with E-state index in [1.807, 2.05) is 24.0 Å². The van der Waals surface area contributed by atoms with E-state index in [-0.39, 0.29) is 11.9 Å². The smallest absolute Gasteiger partial charge is 0.222 e. The second-order valence-electron chi connectivity index (χ2n) is 7.85. The molecule has 0 saturated carbocycles. The Labute approximate surface area is 176 Å². The fraction of sp³-hybridized carbons (Fsp3) is 0.571. The molecule has 160 valence electrons. The molecule has 9 heteroatoms. The molecular weight excluding hydrogens is 382 g/mol. The first-order valence-corrected chi connectivity index (χ1v) is 10.6. The van der Waals surface area contributed by atoms with Crippen LogP contribution in [0.2, 0.25) is 0 Å². The fourth-order valence-corrected chi connectivity index (χ4v) is 4.21. The number of fused-ring (bicyclic) bond motifs is 2. The molecule has 3 aromatic rings. The molecule has 30 heavy (non-hydrogen) atoms. The van der Waals surface area contributed by atoms with Crippen LogP contribution in [0.3, 0.4) is 0 Å². The highest BCUT2D eigenvalue weighted by atomic mass is 16.5. The van der Waals surface area contributed by atoms with Gasteiger partial charge >= 0.3 is 0 Å². The van der Waals surface area contributed by atoms with E-state index in [1.165, 1.54) is 0 Å². The monoisotopic (exact) mass is 411 g/mol. The number of carbonyl (C=O) groups is 1. The summed E-state index contributed by atoms with van der Waals surface area (Å²) < 4.78 is 9.60. The van der Waals surface area contributed by atoms with Gasteiger partial charge in [-0.05, 0) is 32.4 Å². The number of aromatic nitrogens is 6. The molecule has 0 spiro atoms. The predicted molar refractivity (Wildman–Crippen MR) is 112 cm³/mol. The quantitative estimate of drug-likeness (QED) is 0.590. The van der Waals surface area contributed by atoms with Crippen molar-refractivity contribution in [3.8, 4) is 0 Å². The van der Waals surface area contributed by atoms with E-state index in [9.17, 15) is 4.79 Å². The van der Waals surface area contributed by atoms with Crippen molar-refractivity contribution >= 4 is 17.1 Å². The maximum Gasteiger partial charge on any atom is 0.222 e. The molecule has 0 radical (unpaired) electrons. The summed E-state index contributed by atoms with van der Waals surface area (Å²) in [4.78, 5) is 24.0. The molecule has 0 unspecified atom stereocenters. The Hall–Kier alpha value is -2.81. The SMILES string of the molecule is COC[C@@H](C)n1c(CCCC(=O)N2CCc3nnc(C)n3CC2)nc2cccnc21. The largest absolute Gasteiger partial charge is 0.383 e. The fourth-order valence-electron chi connectivity index (χ4n) is 4.21. The summed E-state index contributed by atoms with van der Waals surface area (Å²) in [5.41, 5.74) is 1.75. The van der Waals surface area contributed by atoms with Crippen molar-refractivity contribution in [2.75, 3.05) is 26.8 Å². The average Bonchev–Trinajstić information content (AvgIpc) is 3.19. The first kappa shape index (κ1) is 20.5. The number of ether oxygens (including phenoxy) is 1. The van der Waals surface area contributed by atoms with Crippen LogP contribution in [0, 0.1) is 6.92 Å². The van der Waals surface area contributed by atoms with Gasteiger partial charge in [-0.25, -0.2) is 9.97 Å². The standard InChI is InChI=1S/C21H29N7O2/c1-15(14-30-3)28-18(23-17-6-5-10-22-21(17)28)7-4-8-20(29)26-11-9-19-25-24-16(2)27(19)13-12-26/h5-6,10,15H,4,7-9,11-14H2,1-3H3/t15-/m1/s1. The number of pyridine rings is 1. The number of nitrogens with zero attached hydrogens (tertiary/aromatic N) is 7. The number of imidazole rings is 1. The second kappa shape index (κ2) is 8.91. The summed E-state index contributed by atoms with van der Waals surface area (Å²) in [5, 5.41) is 8.35. The lowest BCUT2D eigenvalue weighted by Crippen LogP contribution is -2.33. The van der Waals surface area contributed by atoms with Crippen LogP contribution in [0.1, 0.15) is 43.3 Å². The normalized spacial score (nSPS) is 15.2. The van der Waals surface area contributed by atoms with Crippen molar-refractivity contribution in [2.45, 2.75) is 52.1 Å². The molecule has 4 rings (SSSR count). The van der Waals surface area contributed by atoms with Gasteiger partial charge in [0.15, 0.2) is 5.65 Å². The van der Waals surface area contributed by atoms with Crippen LogP contribution in [0.5, 0.6) is 0 Å². The summed E-state index contributed by atoms with van der Waals surface area (Å²) in [7, 11) is 1.70. The van der Waals surface area contributed by atoms with E-state index in [0.29, 0.717) is 26.1 Å². The number of methoxy groups -OCH3 is 1. The molecule has 0 saturated heterocycles. The van der Waals surface area contributed by atoms with E-state index < -0.39 is 0 Å². The van der Waals surface area contributed by atoms with E-state index in [1.54, 1.807) is 13.3 Å². The zero-order valence-electron chi connectivity index (χ0n) is 17.9. The molecule has 0 fully saturated rings. The molecule has 3 aromatic heterocycles. The van der Waals surface area contributed by atoms with Crippen LogP contribution in [0.25, 0.3) is 11.2 Å². The topological polar surface area (TPSA) is 91.0 Å². The molecule has 1 amide bonds. The van der Waals surface area contributed by atoms with Crippen molar-refractivity contribution in [1.29, 1.82) is 0 Å². The number of hydrogen-bond donors (Lipinski definition) is 0. The highest BCUT2D eigenvalue weighted by Crippen LogP contribution is 2.21. The van der Waals surface area contributed by atoms with Gasteiger partial charge < -0.3 is 18.8 Å². The Morgan fingerprint density at radius 1 is 1.27 bits per heavy atom. The molecular formula is C21H29N7O2. The van der Waals surface area contributed by atoms with E-state index >= 15 is 0 Å². The van der Waals surface area contributed by atoms with Crippen LogP contribution in [-0.4, -0.2) is 66.9 Å². The molecule has 0 bridgehead atoms. The third kappa shape index (κ3) is 4.07. The number of carbonyl (C=O) groups excluding carboxylic acids is 1. The molecule has 1 aliphatic rings. The molecule has 0 aromatic carbocycles. The molecule has 0 N–H and O–H groups in total. The summed E-state index contributed by atoms with van der Waals surface area (Å²) in [6.45, 7) is 6.81. The Morgan fingerprint density at radius 3 is 2.97 bits per heavy atom. The summed E-state index contributed by atoms with van der Waals surface area (Å²) >= 11 is 0. The van der Waals surface area contributed by atoms with Crippen molar-refractivity contribution < 1.29 is 9.53 Å². The van der Waals surface area contributed by atoms with Gasteiger partial charge in [0.25, 0.3) is 0 Å². The number of aryl methyl sites for hydroxylation is 2. The minimum atomic E-state index is 0.130. The Balaban J connectivity index is 1.39. The molecule has 4 heterocycles. The van der Waals surface area contributed by atoms with Crippen molar-refractivity contribution in [2.24, 2.45) is 0 Å². The van der Waals surface area contributed by atoms with Gasteiger partial charge in [-0.2, -0.15) is 0 Å². The van der Waals surface area contributed by atoms with Gasteiger partial charge in [0.1, 0.15) is 23.0 Å². The lowest BCUT2D eigenvalue weighted by Gasteiger charge is -2.20. The van der Waals surface area contributed by atoms with Gasteiger partial charge in [-0.1, -0.05) is 0 Å². The van der Waals surface area contributed by atoms with Gasteiger partial charge in [-0.3, -0.25) is 4.79 Å². The van der Waals surface area contributed by atoms with E-state index in [4.69, 9.17) is 9.72 Å². The third-order valence-electron chi connectivity index (χ3n) is 5.73. The Morgan fingerprint density at radius 2 is 2.13 bits per heavy atom. The first-order chi connectivity index (χ1) is 14.6. The highest BCUT2D eigenvalue weighted by Gasteiger charge is 2.21. The Kier molecular flexibility index (Phi) is 6.08. The number of hydrogen-bond acceptors (Lipinski definition) is 6. The molecule has 1 aliphatic heterocycles. The highest BCUT2D eigenvalue weighted by molar-refractivity contribution is 5.76. The van der Waals surface area contributed by atoms with Crippen LogP contribution in [0.15, 0.2) is 18.3 Å². The lowest BCUT2D eigenvalue weighted by molar-refractivity contribution is -0.131. The summed E-state index contributed by atoms with van der Waals surface area (Å²) in [6, 6.07) is 4.00. The molecule has 1 atom stereocenters. The molecule has 9 nitrogen and oxygen atoms in total. The number of amides is 1. The van der Waals surface area contributed by atoms with Gasteiger partial charge in [-0.15, -0.1) is 10.2 Å². The number of rotatable bonds is 7. The van der Waals surface area contributed by atoms with Crippen molar-refractivity contribution in [3.05, 3.63) is 35.8 Å². The van der Waals surface area contributed by atoms with Crippen LogP contribution in [0.4, 0.5) is 0 Å². The average molecular weight is 412 g/mol. The maximum atomic E-state index is 12.8. The van der Waals surface area contributed by atoms with Gasteiger partial charge in [0, 0.05) is 52.2 Å². The zero-order chi connectivity index (χ0) is 21.1. The lowest BCUT2D eigenvalue weighted by atomic mass is 10.2.